The topological polar surface area (TPSA) is 81.1 Å². The molecule has 0 atom stereocenters. The third-order valence-corrected chi connectivity index (χ3v) is 2.37. The molecule has 1 aromatic rings. The first-order valence-electron chi connectivity index (χ1n) is 5.61. The van der Waals surface area contributed by atoms with Gasteiger partial charge in [0.1, 0.15) is 11.9 Å². The highest BCUT2D eigenvalue weighted by Crippen LogP contribution is 2.14. The molecule has 0 fully saturated rings. The lowest BCUT2D eigenvalue weighted by atomic mass is 10.1. The molecule has 1 rings (SSSR count). The minimum atomic E-state index is -0.144. The first-order chi connectivity index (χ1) is 8.56. The largest absolute Gasteiger partial charge is 0.367 e. The van der Waals surface area contributed by atoms with Crippen molar-refractivity contribution in [1.29, 1.82) is 5.26 Å². The predicted molar refractivity (Wildman–Crippen MR) is 69.3 cm³/mol. The molecule has 0 unspecified atom stereocenters. The van der Waals surface area contributed by atoms with E-state index in [4.69, 9.17) is 5.26 Å². The van der Waals surface area contributed by atoms with Gasteiger partial charge in [-0.25, -0.2) is 9.78 Å². The van der Waals surface area contributed by atoms with Gasteiger partial charge in [-0.1, -0.05) is 0 Å². The molecule has 0 aromatic carbocycles. The molecule has 1 aromatic heterocycles. The first kappa shape index (κ1) is 13.8. The standard InChI is InChI=1S/C12H17N5O/c1-9-4-5-14-11(10(9)8-13)15-6-7-16-12(18)17(2)3/h4-5H,6-7H2,1-3H3,(H,14,15)(H,16,18). The number of hydrogen-bond donors (Lipinski definition) is 2. The van der Waals surface area contributed by atoms with Crippen LogP contribution in [0.1, 0.15) is 11.1 Å². The fourth-order valence-electron chi connectivity index (χ4n) is 1.34. The Balaban J connectivity index is 2.48. The summed E-state index contributed by atoms with van der Waals surface area (Å²) in [5.74, 6) is 0.552. The summed E-state index contributed by atoms with van der Waals surface area (Å²) in [7, 11) is 3.36. The number of nitrogens with zero attached hydrogens (tertiary/aromatic N) is 3. The van der Waals surface area contributed by atoms with Crippen LogP contribution in [0.3, 0.4) is 0 Å². The quantitative estimate of drug-likeness (QED) is 0.776. The highest BCUT2D eigenvalue weighted by molar-refractivity contribution is 5.73. The van der Waals surface area contributed by atoms with Crippen LogP contribution in [-0.4, -0.2) is 43.1 Å². The molecule has 1 heterocycles. The smallest absolute Gasteiger partial charge is 0.316 e. The van der Waals surface area contributed by atoms with Gasteiger partial charge >= 0.3 is 6.03 Å². The van der Waals surface area contributed by atoms with Crippen LogP contribution >= 0.6 is 0 Å². The summed E-state index contributed by atoms with van der Waals surface area (Å²) < 4.78 is 0. The van der Waals surface area contributed by atoms with Gasteiger partial charge in [-0.05, 0) is 18.6 Å². The Morgan fingerprint density at radius 3 is 2.83 bits per heavy atom. The summed E-state index contributed by atoms with van der Waals surface area (Å²) in [6, 6.07) is 3.76. The van der Waals surface area contributed by atoms with Crippen LogP contribution in [0.25, 0.3) is 0 Å². The zero-order valence-corrected chi connectivity index (χ0v) is 10.8. The Morgan fingerprint density at radius 1 is 1.50 bits per heavy atom. The fourth-order valence-corrected chi connectivity index (χ4v) is 1.34. The van der Waals surface area contributed by atoms with Crippen molar-refractivity contribution in [1.82, 2.24) is 15.2 Å². The van der Waals surface area contributed by atoms with Crippen molar-refractivity contribution in [2.75, 3.05) is 32.5 Å². The molecule has 0 saturated heterocycles. The van der Waals surface area contributed by atoms with Crippen LogP contribution in [0.5, 0.6) is 0 Å². The van der Waals surface area contributed by atoms with Gasteiger partial charge in [0, 0.05) is 33.4 Å². The van der Waals surface area contributed by atoms with E-state index in [-0.39, 0.29) is 6.03 Å². The Morgan fingerprint density at radius 2 is 2.22 bits per heavy atom. The predicted octanol–water partition coefficient (Wildman–Crippen LogP) is 0.945. The van der Waals surface area contributed by atoms with Crippen LogP contribution in [0.4, 0.5) is 10.6 Å². The molecule has 0 aliphatic rings. The van der Waals surface area contributed by atoms with E-state index in [1.165, 1.54) is 4.90 Å². The lowest BCUT2D eigenvalue weighted by Gasteiger charge is -2.13. The second-order valence-corrected chi connectivity index (χ2v) is 4.02. The average Bonchev–Trinajstić information content (AvgIpc) is 2.34. The number of anilines is 1. The van der Waals surface area contributed by atoms with Gasteiger partial charge in [-0.3, -0.25) is 0 Å². The molecule has 0 saturated carbocycles. The summed E-state index contributed by atoms with van der Waals surface area (Å²) in [5.41, 5.74) is 1.42. The molecule has 0 aliphatic heterocycles. The molecule has 2 amide bonds. The van der Waals surface area contributed by atoms with Gasteiger partial charge in [0.05, 0.1) is 5.56 Å². The third-order valence-electron chi connectivity index (χ3n) is 2.37. The van der Waals surface area contributed by atoms with Crippen LogP contribution in [0.15, 0.2) is 12.3 Å². The molecule has 0 aliphatic carbocycles. The summed E-state index contributed by atoms with van der Waals surface area (Å²) >= 11 is 0. The second-order valence-electron chi connectivity index (χ2n) is 4.02. The molecule has 18 heavy (non-hydrogen) atoms. The molecule has 96 valence electrons. The van der Waals surface area contributed by atoms with E-state index >= 15 is 0 Å². The minimum absolute atomic E-state index is 0.144. The lowest BCUT2D eigenvalue weighted by molar-refractivity contribution is 0.218. The molecule has 0 spiro atoms. The van der Waals surface area contributed by atoms with Crippen LogP contribution in [0.2, 0.25) is 0 Å². The third kappa shape index (κ3) is 3.63. The monoisotopic (exact) mass is 247 g/mol. The molecular formula is C12H17N5O. The number of carbonyl (C=O) groups excluding carboxylic acids is 1. The lowest BCUT2D eigenvalue weighted by Crippen LogP contribution is -2.37. The van der Waals surface area contributed by atoms with Crippen molar-refractivity contribution in [3.8, 4) is 6.07 Å². The minimum Gasteiger partial charge on any atom is -0.367 e. The average molecular weight is 247 g/mol. The molecule has 6 nitrogen and oxygen atoms in total. The van der Waals surface area contributed by atoms with E-state index in [1.807, 2.05) is 6.92 Å². The summed E-state index contributed by atoms with van der Waals surface area (Å²) in [4.78, 5) is 16.8. The van der Waals surface area contributed by atoms with Crippen molar-refractivity contribution in [3.05, 3.63) is 23.4 Å². The maximum absolute atomic E-state index is 11.3. The van der Waals surface area contributed by atoms with E-state index in [0.29, 0.717) is 24.5 Å². The highest BCUT2D eigenvalue weighted by atomic mass is 16.2. The number of nitrogens with one attached hydrogen (secondary N) is 2. The zero-order valence-electron chi connectivity index (χ0n) is 10.8. The zero-order chi connectivity index (χ0) is 13.5. The Labute approximate surface area is 107 Å². The van der Waals surface area contributed by atoms with Crippen molar-refractivity contribution in [2.24, 2.45) is 0 Å². The molecular weight excluding hydrogens is 230 g/mol. The fraction of sp³-hybridized carbons (Fsp3) is 0.417. The number of urea groups is 1. The second kappa shape index (κ2) is 6.45. The number of aromatic nitrogens is 1. The highest BCUT2D eigenvalue weighted by Gasteiger charge is 2.06. The first-order valence-corrected chi connectivity index (χ1v) is 5.61. The summed E-state index contributed by atoms with van der Waals surface area (Å²) in [6.07, 6.45) is 1.65. The number of hydrogen-bond acceptors (Lipinski definition) is 4. The Kier molecular flexibility index (Phi) is 4.93. The van der Waals surface area contributed by atoms with Crippen LogP contribution in [-0.2, 0) is 0 Å². The molecule has 0 bridgehead atoms. The Hall–Kier alpha value is -2.29. The van der Waals surface area contributed by atoms with Crippen molar-refractivity contribution in [2.45, 2.75) is 6.92 Å². The van der Waals surface area contributed by atoms with E-state index in [1.54, 1.807) is 26.4 Å². The van der Waals surface area contributed by atoms with Gasteiger partial charge in [-0.15, -0.1) is 0 Å². The summed E-state index contributed by atoms with van der Waals surface area (Å²) in [5, 5.41) is 14.8. The molecule has 0 radical (unpaired) electrons. The Bertz CT molecular complexity index is 464. The van der Waals surface area contributed by atoms with E-state index in [0.717, 1.165) is 5.56 Å². The van der Waals surface area contributed by atoms with E-state index < -0.39 is 0 Å². The maximum Gasteiger partial charge on any atom is 0.316 e. The number of pyridine rings is 1. The number of amides is 2. The number of aryl methyl sites for hydroxylation is 1. The van der Waals surface area contributed by atoms with E-state index in [9.17, 15) is 4.79 Å². The van der Waals surface area contributed by atoms with Crippen molar-refractivity contribution >= 4 is 11.8 Å². The van der Waals surface area contributed by atoms with Crippen LogP contribution in [0, 0.1) is 18.3 Å². The molecule has 6 heteroatoms. The van der Waals surface area contributed by atoms with Gasteiger partial charge in [0.2, 0.25) is 0 Å². The normalized spacial score (nSPS) is 9.44. The SMILES string of the molecule is Cc1ccnc(NCCNC(=O)N(C)C)c1C#N. The van der Waals surface area contributed by atoms with Gasteiger partial charge < -0.3 is 15.5 Å². The maximum atomic E-state index is 11.3. The summed E-state index contributed by atoms with van der Waals surface area (Å²) in [6.45, 7) is 2.85. The number of carbonyl (C=O) groups is 1. The van der Waals surface area contributed by atoms with Gasteiger partial charge in [-0.2, -0.15) is 5.26 Å². The number of nitriles is 1. The van der Waals surface area contributed by atoms with Crippen molar-refractivity contribution in [3.63, 3.8) is 0 Å². The van der Waals surface area contributed by atoms with Crippen LogP contribution < -0.4 is 10.6 Å². The van der Waals surface area contributed by atoms with Gasteiger partial charge in [0.15, 0.2) is 0 Å². The van der Waals surface area contributed by atoms with Crippen molar-refractivity contribution < 1.29 is 4.79 Å². The molecule has 2 N–H and O–H groups in total. The van der Waals surface area contributed by atoms with E-state index in [2.05, 4.69) is 21.7 Å². The number of rotatable bonds is 4. The van der Waals surface area contributed by atoms with Gasteiger partial charge in [0.25, 0.3) is 0 Å².